The topological polar surface area (TPSA) is 59.3 Å². The molecule has 7 heteroatoms. The lowest BCUT2D eigenvalue weighted by molar-refractivity contribution is 0.0940. The molecule has 4 rings (SSSR count). The molecule has 0 aliphatic carbocycles. The number of carbonyl (C=O) groups excluding carboxylic acids is 1. The van der Waals surface area contributed by atoms with Crippen LogP contribution in [0.3, 0.4) is 0 Å². The summed E-state index contributed by atoms with van der Waals surface area (Å²) in [6, 6.07) is 17.4. The largest absolute Gasteiger partial charge is 0.349 e. The number of aromatic nitrogens is 3. The highest BCUT2D eigenvalue weighted by molar-refractivity contribution is 6.42. The molecule has 0 aliphatic rings. The molecular weight excluding hydrogens is 419 g/mol. The first-order chi connectivity index (χ1) is 14.5. The Balaban J connectivity index is 1.53. The Bertz CT molecular complexity index is 1190. The Labute approximate surface area is 184 Å². The van der Waals surface area contributed by atoms with Crippen LogP contribution < -0.4 is 5.32 Å². The zero-order valence-electron chi connectivity index (χ0n) is 16.3. The van der Waals surface area contributed by atoms with Gasteiger partial charge < -0.3 is 5.32 Å². The summed E-state index contributed by atoms with van der Waals surface area (Å²) in [4.78, 5) is 17.2. The second-order valence-corrected chi connectivity index (χ2v) is 7.97. The molecule has 0 saturated heterocycles. The van der Waals surface area contributed by atoms with E-state index in [1.54, 1.807) is 29.0 Å². The monoisotopic (exact) mass is 438 g/mol. The number of carbonyl (C=O) groups is 1. The molecule has 152 valence electrons. The van der Waals surface area contributed by atoms with Crippen LogP contribution in [0, 0.1) is 0 Å². The van der Waals surface area contributed by atoms with Gasteiger partial charge in [0.05, 0.1) is 21.9 Å². The van der Waals surface area contributed by atoms with Crippen molar-refractivity contribution in [3.8, 4) is 11.3 Å². The summed E-state index contributed by atoms with van der Waals surface area (Å²) in [5.74, 6) is -0.190. The molecule has 1 N–H and O–H groups in total. The number of rotatable bonds is 6. The van der Waals surface area contributed by atoms with Crippen LogP contribution in [0.1, 0.15) is 29.3 Å². The molecule has 1 atom stereocenters. The molecule has 2 aromatic carbocycles. The van der Waals surface area contributed by atoms with E-state index in [9.17, 15) is 4.79 Å². The van der Waals surface area contributed by atoms with E-state index in [1.807, 2.05) is 37.3 Å². The second-order valence-electron chi connectivity index (χ2n) is 7.15. The van der Waals surface area contributed by atoms with Crippen molar-refractivity contribution in [2.24, 2.45) is 0 Å². The summed E-state index contributed by atoms with van der Waals surface area (Å²) in [5.41, 5.74) is 3.79. The lowest BCUT2D eigenvalue weighted by atomic mass is 10.1. The van der Waals surface area contributed by atoms with E-state index in [0.717, 1.165) is 24.1 Å². The van der Waals surface area contributed by atoms with E-state index in [2.05, 4.69) is 27.5 Å². The molecule has 0 fully saturated rings. The number of aryl methyl sites for hydroxylation is 1. The number of nitrogens with zero attached hydrogens (tertiary/aromatic N) is 3. The van der Waals surface area contributed by atoms with Crippen LogP contribution in [0.25, 0.3) is 16.9 Å². The molecule has 0 radical (unpaired) electrons. The predicted octanol–water partition coefficient (Wildman–Crippen LogP) is 5.45. The smallest absolute Gasteiger partial charge is 0.256 e. The third-order valence-corrected chi connectivity index (χ3v) is 5.69. The van der Waals surface area contributed by atoms with Crippen LogP contribution in [-0.4, -0.2) is 26.5 Å². The summed E-state index contributed by atoms with van der Waals surface area (Å²) >= 11 is 12.2. The van der Waals surface area contributed by atoms with Gasteiger partial charge in [-0.1, -0.05) is 59.6 Å². The highest BCUT2D eigenvalue weighted by Crippen LogP contribution is 2.28. The van der Waals surface area contributed by atoms with E-state index in [0.29, 0.717) is 21.3 Å². The van der Waals surface area contributed by atoms with Crippen LogP contribution >= 0.6 is 23.2 Å². The minimum atomic E-state index is -0.190. The van der Waals surface area contributed by atoms with Crippen molar-refractivity contribution in [2.45, 2.75) is 25.8 Å². The summed E-state index contributed by atoms with van der Waals surface area (Å²) in [7, 11) is 0. The van der Waals surface area contributed by atoms with Crippen molar-refractivity contribution in [2.75, 3.05) is 0 Å². The number of fused-ring (bicyclic) bond motifs is 1. The molecule has 30 heavy (non-hydrogen) atoms. The number of hydrogen-bond acceptors (Lipinski definition) is 3. The molecule has 1 amide bonds. The van der Waals surface area contributed by atoms with E-state index in [4.69, 9.17) is 23.2 Å². The minimum absolute atomic E-state index is 0.0194. The van der Waals surface area contributed by atoms with Crippen LogP contribution in [0.5, 0.6) is 0 Å². The van der Waals surface area contributed by atoms with Crippen LogP contribution in [0.2, 0.25) is 10.0 Å². The lowest BCUT2D eigenvalue weighted by Gasteiger charge is -2.13. The number of nitrogens with one attached hydrogen (secondary N) is 1. The molecule has 4 aromatic rings. The Hall–Kier alpha value is -2.89. The van der Waals surface area contributed by atoms with E-state index in [1.165, 1.54) is 5.56 Å². The molecular formula is C23H20Cl2N4O. The fraction of sp³-hybridized carbons (Fsp3) is 0.174. The van der Waals surface area contributed by atoms with Gasteiger partial charge in [0, 0.05) is 17.8 Å². The van der Waals surface area contributed by atoms with Gasteiger partial charge >= 0.3 is 0 Å². The van der Waals surface area contributed by atoms with E-state index < -0.39 is 0 Å². The molecule has 1 unspecified atom stereocenters. The molecule has 0 saturated carbocycles. The number of benzene rings is 2. The zero-order valence-corrected chi connectivity index (χ0v) is 17.9. The molecule has 5 nitrogen and oxygen atoms in total. The molecule has 0 spiro atoms. The first-order valence-electron chi connectivity index (χ1n) is 9.66. The van der Waals surface area contributed by atoms with Gasteiger partial charge in [0.15, 0.2) is 5.65 Å². The number of amides is 1. The standard InChI is InChI=1S/C23H20Cl2N4O/c1-15(7-8-16-5-3-2-4-6-16)28-23(30)18-14-27-29-21(11-12-26-22(18)29)17-9-10-19(24)20(25)13-17/h2-6,9-15H,7-8H2,1H3,(H,28,30). The highest BCUT2D eigenvalue weighted by atomic mass is 35.5. The van der Waals surface area contributed by atoms with Crippen LogP contribution in [-0.2, 0) is 6.42 Å². The van der Waals surface area contributed by atoms with Crippen molar-refractivity contribution in [1.29, 1.82) is 0 Å². The Morgan fingerprint density at radius 1 is 1.10 bits per heavy atom. The number of hydrogen-bond donors (Lipinski definition) is 1. The van der Waals surface area contributed by atoms with Crippen molar-refractivity contribution in [1.82, 2.24) is 19.9 Å². The van der Waals surface area contributed by atoms with Crippen molar-refractivity contribution < 1.29 is 4.79 Å². The van der Waals surface area contributed by atoms with Gasteiger partial charge in [0.1, 0.15) is 5.56 Å². The van der Waals surface area contributed by atoms with Gasteiger partial charge in [0.25, 0.3) is 5.91 Å². The number of halogens is 2. The first kappa shape index (κ1) is 20.4. The van der Waals surface area contributed by atoms with E-state index >= 15 is 0 Å². The molecule has 0 bridgehead atoms. The van der Waals surface area contributed by atoms with Gasteiger partial charge in [-0.2, -0.15) is 5.10 Å². The van der Waals surface area contributed by atoms with Gasteiger partial charge in [-0.25, -0.2) is 9.50 Å². The van der Waals surface area contributed by atoms with Gasteiger partial charge in [-0.15, -0.1) is 0 Å². The predicted molar refractivity (Wildman–Crippen MR) is 120 cm³/mol. The maximum Gasteiger partial charge on any atom is 0.256 e. The Kier molecular flexibility index (Phi) is 6.02. The maximum atomic E-state index is 12.8. The van der Waals surface area contributed by atoms with Crippen molar-refractivity contribution in [3.05, 3.63) is 88.2 Å². The fourth-order valence-electron chi connectivity index (χ4n) is 3.33. The molecule has 2 heterocycles. The van der Waals surface area contributed by atoms with Gasteiger partial charge in [-0.3, -0.25) is 4.79 Å². The first-order valence-corrected chi connectivity index (χ1v) is 10.4. The molecule has 2 aromatic heterocycles. The van der Waals surface area contributed by atoms with Crippen molar-refractivity contribution >= 4 is 34.8 Å². The average molecular weight is 439 g/mol. The van der Waals surface area contributed by atoms with Crippen molar-refractivity contribution in [3.63, 3.8) is 0 Å². The maximum absolute atomic E-state index is 12.8. The Morgan fingerprint density at radius 3 is 2.67 bits per heavy atom. The summed E-state index contributed by atoms with van der Waals surface area (Å²) in [6.45, 7) is 2.00. The Morgan fingerprint density at radius 2 is 1.90 bits per heavy atom. The summed E-state index contributed by atoms with van der Waals surface area (Å²) in [5, 5.41) is 8.37. The van der Waals surface area contributed by atoms with E-state index in [-0.39, 0.29) is 11.9 Å². The quantitative estimate of drug-likeness (QED) is 0.435. The normalized spacial score (nSPS) is 12.1. The zero-order chi connectivity index (χ0) is 21.1. The third kappa shape index (κ3) is 4.32. The van der Waals surface area contributed by atoms with Crippen LogP contribution in [0.4, 0.5) is 0 Å². The average Bonchev–Trinajstić information content (AvgIpc) is 3.19. The van der Waals surface area contributed by atoms with Gasteiger partial charge in [0.2, 0.25) is 0 Å². The fourth-order valence-corrected chi connectivity index (χ4v) is 3.63. The lowest BCUT2D eigenvalue weighted by Crippen LogP contribution is -2.32. The minimum Gasteiger partial charge on any atom is -0.349 e. The third-order valence-electron chi connectivity index (χ3n) is 4.95. The summed E-state index contributed by atoms with van der Waals surface area (Å²) < 4.78 is 1.64. The summed E-state index contributed by atoms with van der Waals surface area (Å²) in [6.07, 6.45) is 4.95. The highest BCUT2D eigenvalue weighted by Gasteiger charge is 2.18. The van der Waals surface area contributed by atoms with Gasteiger partial charge in [-0.05, 0) is 43.5 Å². The SMILES string of the molecule is CC(CCc1ccccc1)NC(=O)c1cnn2c(-c3ccc(Cl)c(Cl)c3)ccnc12. The van der Waals surface area contributed by atoms with Crippen LogP contribution in [0.15, 0.2) is 67.0 Å². The molecule has 0 aliphatic heterocycles. The second kappa shape index (κ2) is 8.86.